The van der Waals surface area contributed by atoms with Gasteiger partial charge in [0.05, 0.1) is 11.4 Å². The number of para-hydroxylation sites is 1. The molecule has 11 rings (SSSR count). The molecule has 0 atom stereocenters. The van der Waals surface area contributed by atoms with Gasteiger partial charge in [-0.25, -0.2) is 0 Å². The highest BCUT2D eigenvalue weighted by atomic mass is 32.1. The van der Waals surface area contributed by atoms with Crippen molar-refractivity contribution >= 4 is 78.0 Å². The average molecular weight is 849 g/mol. The zero-order chi connectivity index (χ0) is 44.7. The van der Waals surface area contributed by atoms with Gasteiger partial charge in [0.25, 0.3) is 6.71 Å². The highest BCUT2D eigenvalue weighted by Gasteiger charge is 2.49. The van der Waals surface area contributed by atoms with Crippen LogP contribution in [0.1, 0.15) is 172 Å². The number of hydrogen-bond donors (Lipinski definition) is 0. The van der Waals surface area contributed by atoms with Crippen LogP contribution in [0.25, 0.3) is 10.1 Å². The Morgan fingerprint density at radius 2 is 0.937 bits per heavy atom. The number of thiophene rings is 1. The summed E-state index contributed by atoms with van der Waals surface area (Å²) in [5.74, 6) is 0. The third-order valence-corrected chi connectivity index (χ3v) is 18.7. The second kappa shape index (κ2) is 13.0. The van der Waals surface area contributed by atoms with Crippen LogP contribution in [0.4, 0.5) is 34.1 Å². The molecule has 1 aromatic heterocycles. The van der Waals surface area contributed by atoms with E-state index in [1.54, 1.807) is 11.1 Å². The SMILES string of the molecule is Cc1cc2c3c(c1)N(c1c(C)cccc1C)c1c(sc4cc5c(cc14)C(C)(C)CCC5(C)C)B3c1cc3c(cc1N2c1ccc2c(c1)C(C)(C)CCC2(C)C)C(C)(C)CCC3(C)C. The van der Waals surface area contributed by atoms with Crippen LogP contribution in [-0.2, 0) is 32.5 Å². The number of anilines is 6. The number of fused-ring (bicyclic) bond motifs is 9. The molecule has 2 nitrogen and oxygen atoms in total. The maximum absolute atomic E-state index is 2.74. The third kappa shape index (κ3) is 5.80. The standard InChI is InChI=1S/C59H69BN2S/c1-34-27-47-50-48(28-34)62(51-35(2)17-16-18-36(51)3)52-38-30-41-44(59(14,15)26-23-56(41,8)9)33-49(38)63-53(52)60(50)45-31-42-43(58(12,13)25-24-57(42,10)11)32-46(45)61(47)37-19-20-39-40(29-37)55(6,7)22-21-54(39,4)5/h16-20,27-33H,21-26H2,1-15H3. The summed E-state index contributed by atoms with van der Waals surface area (Å²) in [6.07, 6.45) is 7.22. The van der Waals surface area contributed by atoms with Crippen molar-refractivity contribution in [3.8, 4) is 0 Å². The minimum absolute atomic E-state index is 0.0820. The fraction of sp³-hybridized carbons (Fsp3) is 0.458. The average Bonchev–Trinajstić information content (AvgIpc) is 3.58. The van der Waals surface area contributed by atoms with E-state index in [4.69, 9.17) is 0 Å². The van der Waals surface area contributed by atoms with E-state index < -0.39 is 0 Å². The summed E-state index contributed by atoms with van der Waals surface area (Å²) in [4.78, 5) is 5.46. The van der Waals surface area contributed by atoms with Crippen molar-refractivity contribution in [3.63, 3.8) is 0 Å². The molecule has 3 aliphatic carbocycles. The van der Waals surface area contributed by atoms with E-state index in [9.17, 15) is 0 Å². The van der Waals surface area contributed by atoms with E-state index in [-0.39, 0.29) is 39.2 Å². The van der Waals surface area contributed by atoms with Crippen LogP contribution >= 0.6 is 11.3 Å². The van der Waals surface area contributed by atoms with Gasteiger partial charge in [0.15, 0.2) is 0 Å². The highest BCUT2D eigenvalue weighted by molar-refractivity contribution is 7.33. The minimum Gasteiger partial charge on any atom is -0.311 e. The van der Waals surface area contributed by atoms with Crippen LogP contribution in [0.3, 0.4) is 0 Å². The molecule has 0 saturated heterocycles. The van der Waals surface area contributed by atoms with Crippen molar-refractivity contribution in [2.45, 2.75) is 175 Å². The first-order valence-electron chi connectivity index (χ1n) is 24.2. The molecule has 0 spiro atoms. The molecule has 3 heterocycles. The number of benzene rings is 5. The molecule has 0 bridgehead atoms. The lowest BCUT2D eigenvalue weighted by Crippen LogP contribution is -2.61. The van der Waals surface area contributed by atoms with Gasteiger partial charge in [-0.1, -0.05) is 113 Å². The van der Waals surface area contributed by atoms with Gasteiger partial charge in [-0.15, -0.1) is 11.3 Å². The van der Waals surface area contributed by atoms with Crippen molar-refractivity contribution in [3.05, 3.63) is 123 Å². The van der Waals surface area contributed by atoms with Gasteiger partial charge < -0.3 is 9.80 Å². The van der Waals surface area contributed by atoms with Crippen LogP contribution in [0, 0.1) is 20.8 Å². The molecule has 4 heteroatoms. The normalized spacial score (nSPS) is 21.2. The Morgan fingerprint density at radius 3 is 1.51 bits per heavy atom. The van der Waals surface area contributed by atoms with Crippen molar-refractivity contribution in [2.24, 2.45) is 0 Å². The molecule has 63 heavy (non-hydrogen) atoms. The summed E-state index contributed by atoms with van der Waals surface area (Å²) in [5, 5.41) is 1.42. The predicted octanol–water partition coefficient (Wildman–Crippen LogP) is 15.0. The van der Waals surface area contributed by atoms with Gasteiger partial charge >= 0.3 is 0 Å². The second-order valence-electron chi connectivity index (χ2n) is 24.8. The summed E-state index contributed by atoms with van der Waals surface area (Å²) >= 11 is 2.08. The lowest BCUT2D eigenvalue weighted by atomic mass is 9.35. The Labute approximate surface area is 383 Å². The van der Waals surface area contributed by atoms with Crippen molar-refractivity contribution in [1.29, 1.82) is 0 Å². The number of hydrogen-bond acceptors (Lipinski definition) is 3. The molecule has 2 aliphatic heterocycles. The van der Waals surface area contributed by atoms with Crippen LogP contribution in [0.5, 0.6) is 0 Å². The fourth-order valence-corrected chi connectivity index (χ4v) is 14.5. The topological polar surface area (TPSA) is 6.48 Å². The first-order valence-corrected chi connectivity index (χ1v) is 25.0. The summed E-state index contributed by atoms with van der Waals surface area (Å²) in [5.41, 5.74) is 24.8. The zero-order valence-electron chi connectivity index (χ0n) is 41.1. The highest BCUT2D eigenvalue weighted by Crippen LogP contribution is 2.56. The maximum Gasteiger partial charge on any atom is 0.264 e. The first-order chi connectivity index (χ1) is 29.4. The molecule has 0 saturated carbocycles. The van der Waals surface area contributed by atoms with E-state index in [2.05, 4.69) is 198 Å². The van der Waals surface area contributed by atoms with Gasteiger partial charge in [-0.2, -0.15) is 0 Å². The van der Waals surface area contributed by atoms with E-state index in [0.29, 0.717) is 0 Å². The molecule has 5 aliphatic rings. The minimum atomic E-state index is 0.0820. The van der Waals surface area contributed by atoms with Crippen LogP contribution in [0.15, 0.2) is 72.8 Å². The smallest absolute Gasteiger partial charge is 0.264 e. The van der Waals surface area contributed by atoms with Gasteiger partial charge in [0.1, 0.15) is 0 Å². The summed E-state index contributed by atoms with van der Waals surface area (Å²) < 4.78 is 2.92. The summed E-state index contributed by atoms with van der Waals surface area (Å²) in [6, 6.07) is 30.2. The molecular formula is C59H69BN2S. The van der Waals surface area contributed by atoms with E-state index in [1.807, 2.05) is 0 Å². The molecule has 0 radical (unpaired) electrons. The fourth-order valence-electron chi connectivity index (χ4n) is 13.1. The number of rotatable bonds is 2. The van der Waals surface area contributed by atoms with Crippen molar-refractivity contribution < 1.29 is 0 Å². The van der Waals surface area contributed by atoms with Gasteiger partial charge in [-0.3, -0.25) is 0 Å². The van der Waals surface area contributed by atoms with Gasteiger partial charge in [0.2, 0.25) is 0 Å². The molecule has 0 fully saturated rings. The Hall–Kier alpha value is -4.28. The van der Waals surface area contributed by atoms with Gasteiger partial charge in [0, 0.05) is 37.6 Å². The lowest BCUT2D eigenvalue weighted by Gasteiger charge is -2.47. The Bertz CT molecular complexity index is 2950. The second-order valence-corrected chi connectivity index (χ2v) is 25.8. The van der Waals surface area contributed by atoms with Crippen molar-refractivity contribution in [1.82, 2.24) is 0 Å². The Morgan fingerprint density at radius 1 is 0.460 bits per heavy atom. The molecule has 5 aromatic carbocycles. The Kier molecular flexibility index (Phi) is 8.52. The maximum atomic E-state index is 2.74. The van der Waals surface area contributed by atoms with Crippen LogP contribution in [0.2, 0.25) is 0 Å². The molecule has 6 aromatic rings. The number of nitrogens with zero attached hydrogens (tertiary/aromatic N) is 2. The molecule has 0 amide bonds. The van der Waals surface area contributed by atoms with Crippen LogP contribution < -0.4 is 25.5 Å². The third-order valence-electron chi connectivity index (χ3n) is 17.5. The zero-order valence-corrected chi connectivity index (χ0v) is 41.9. The molecular weight excluding hydrogens is 780 g/mol. The Balaban J connectivity index is 1.29. The summed E-state index contributed by atoms with van der Waals surface area (Å²) in [6.45, 7) is 36.9. The van der Waals surface area contributed by atoms with Crippen LogP contribution in [-0.4, -0.2) is 6.71 Å². The number of aryl methyl sites for hydroxylation is 3. The van der Waals surface area contributed by atoms with Gasteiger partial charge in [-0.05, 0) is 195 Å². The lowest BCUT2D eigenvalue weighted by molar-refractivity contribution is 0.332. The summed E-state index contributed by atoms with van der Waals surface area (Å²) in [7, 11) is 0. The largest absolute Gasteiger partial charge is 0.311 e. The van der Waals surface area contributed by atoms with Crippen molar-refractivity contribution in [2.75, 3.05) is 9.80 Å². The van der Waals surface area contributed by atoms with E-state index >= 15 is 0 Å². The molecule has 0 N–H and O–H groups in total. The monoisotopic (exact) mass is 849 g/mol. The predicted molar refractivity (Wildman–Crippen MR) is 276 cm³/mol. The van der Waals surface area contributed by atoms with E-state index in [1.165, 1.54) is 137 Å². The first kappa shape index (κ1) is 41.4. The quantitative estimate of drug-likeness (QED) is 0.160. The molecule has 324 valence electrons. The molecule has 0 unspecified atom stereocenters. The van der Waals surface area contributed by atoms with E-state index in [0.717, 1.165) is 0 Å².